The van der Waals surface area contributed by atoms with Gasteiger partial charge in [-0.15, -0.1) is 0 Å². The molecule has 0 amide bonds. The molecule has 1 aliphatic heterocycles. The first-order valence-corrected chi connectivity index (χ1v) is 5.95. The molecule has 0 radical (unpaired) electrons. The van der Waals surface area contributed by atoms with Crippen molar-refractivity contribution in [3.8, 4) is 5.82 Å². The van der Waals surface area contributed by atoms with E-state index < -0.39 is 0 Å². The van der Waals surface area contributed by atoms with Crippen LogP contribution in [-0.4, -0.2) is 32.8 Å². The maximum Gasteiger partial charge on any atom is 0.171 e. The first-order valence-electron chi connectivity index (χ1n) is 5.95. The average molecular weight is 229 g/mol. The molecule has 1 fully saturated rings. The van der Waals surface area contributed by atoms with Crippen LogP contribution in [0.4, 0.5) is 0 Å². The Labute approximate surface area is 99.9 Å². The molecule has 5 heteroatoms. The molecule has 5 nitrogen and oxygen atoms in total. The lowest BCUT2D eigenvalue weighted by Gasteiger charge is -2.21. The van der Waals surface area contributed by atoms with Gasteiger partial charge in [0.15, 0.2) is 5.82 Å². The van der Waals surface area contributed by atoms with Crippen LogP contribution in [0, 0.1) is 0 Å². The van der Waals surface area contributed by atoms with Gasteiger partial charge in [-0.3, -0.25) is 4.98 Å². The largest absolute Gasteiger partial charge is 0.317 e. The van der Waals surface area contributed by atoms with Crippen LogP contribution in [0.5, 0.6) is 0 Å². The highest BCUT2D eigenvalue weighted by Gasteiger charge is 2.16. The van der Waals surface area contributed by atoms with Gasteiger partial charge in [-0.05, 0) is 37.4 Å². The predicted molar refractivity (Wildman–Crippen MR) is 64.0 cm³/mol. The van der Waals surface area contributed by atoms with E-state index in [-0.39, 0.29) is 0 Å². The third kappa shape index (κ3) is 2.19. The topological polar surface area (TPSA) is 55.6 Å². The van der Waals surface area contributed by atoms with Crippen molar-refractivity contribution in [3.05, 3.63) is 36.5 Å². The first kappa shape index (κ1) is 10.4. The highest BCUT2D eigenvalue weighted by molar-refractivity contribution is 5.21. The van der Waals surface area contributed by atoms with E-state index >= 15 is 0 Å². The van der Waals surface area contributed by atoms with Crippen molar-refractivity contribution >= 4 is 0 Å². The molecule has 17 heavy (non-hydrogen) atoms. The molecule has 88 valence electrons. The Morgan fingerprint density at radius 1 is 1.18 bits per heavy atom. The number of hydrogen-bond donors (Lipinski definition) is 1. The number of nitrogens with one attached hydrogen (secondary N) is 1. The molecular weight excluding hydrogens is 214 g/mol. The normalized spacial score (nSPS) is 17.2. The van der Waals surface area contributed by atoms with Crippen LogP contribution >= 0.6 is 0 Å². The Hall–Kier alpha value is -1.75. The fourth-order valence-electron chi connectivity index (χ4n) is 2.24. The van der Waals surface area contributed by atoms with Crippen molar-refractivity contribution in [2.75, 3.05) is 13.1 Å². The zero-order chi connectivity index (χ0) is 11.5. The average Bonchev–Trinajstić information content (AvgIpc) is 2.90. The van der Waals surface area contributed by atoms with Gasteiger partial charge in [0.2, 0.25) is 0 Å². The van der Waals surface area contributed by atoms with Crippen LogP contribution in [0.25, 0.3) is 5.82 Å². The number of piperidine rings is 1. The molecule has 2 aromatic rings. The summed E-state index contributed by atoms with van der Waals surface area (Å²) in [4.78, 5) is 8.28. The second-order valence-corrected chi connectivity index (χ2v) is 4.31. The summed E-state index contributed by atoms with van der Waals surface area (Å²) < 4.78 is 1.80. The maximum absolute atomic E-state index is 4.36. The van der Waals surface area contributed by atoms with Gasteiger partial charge in [-0.1, -0.05) is 0 Å². The Kier molecular flexibility index (Phi) is 2.83. The second kappa shape index (κ2) is 4.63. The molecule has 2 aromatic heterocycles. The van der Waals surface area contributed by atoms with Crippen LogP contribution in [-0.2, 0) is 0 Å². The van der Waals surface area contributed by atoms with Gasteiger partial charge in [-0.2, -0.15) is 5.10 Å². The number of nitrogens with zero attached hydrogens (tertiary/aromatic N) is 4. The Bertz CT molecular complexity index is 473. The van der Waals surface area contributed by atoms with Crippen LogP contribution in [0.15, 0.2) is 31.0 Å². The van der Waals surface area contributed by atoms with Crippen molar-refractivity contribution < 1.29 is 0 Å². The molecule has 0 saturated carbocycles. The summed E-state index contributed by atoms with van der Waals surface area (Å²) in [5, 5.41) is 7.73. The van der Waals surface area contributed by atoms with Crippen molar-refractivity contribution in [1.82, 2.24) is 25.1 Å². The summed E-state index contributed by atoms with van der Waals surface area (Å²) in [6.45, 7) is 2.20. The van der Waals surface area contributed by atoms with Gasteiger partial charge in [0.25, 0.3) is 0 Å². The highest BCUT2D eigenvalue weighted by Crippen LogP contribution is 2.24. The Balaban J connectivity index is 1.83. The van der Waals surface area contributed by atoms with Gasteiger partial charge in [0.05, 0.1) is 12.4 Å². The maximum atomic E-state index is 4.36. The first-order chi connectivity index (χ1) is 8.43. The molecule has 0 aliphatic carbocycles. The minimum Gasteiger partial charge on any atom is -0.317 e. The number of aromatic nitrogens is 4. The van der Waals surface area contributed by atoms with Crippen molar-refractivity contribution in [2.24, 2.45) is 0 Å². The van der Waals surface area contributed by atoms with E-state index in [1.54, 1.807) is 23.3 Å². The second-order valence-electron chi connectivity index (χ2n) is 4.31. The van der Waals surface area contributed by atoms with Crippen LogP contribution in [0.2, 0.25) is 0 Å². The molecule has 0 spiro atoms. The zero-order valence-electron chi connectivity index (χ0n) is 9.58. The van der Waals surface area contributed by atoms with Crippen LogP contribution < -0.4 is 5.32 Å². The van der Waals surface area contributed by atoms with Crippen LogP contribution in [0.1, 0.15) is 24.3 Å². The van der Waals surface area contributed by atoms with Gasteiger partial charge >= 0.3 is 0 Å². The fourth-order valence-corrected chi connectivity index (χ4v) is 2.24. The van der Waals surface area contributed by atoms with Crippen molar-refractivity contribution in [3.63, 3.8) is 0 Å². The smallest absolute Gasteiger partial charge is 0.171 e. The molecule has 1 saturated heterocycles. The lowest BCUT2D eigenvalue weighted by Crippen LogP contribution is -2.26. The van der Waals surface area contributed by atoms with Crippen LogP contribution in [0.3, 0.4) is 0 Å². The third-order valence-electron chi connectivity index (χ3n) is 3.20. The molecule has 3 heterocycles. The van der Waals surface area contributed by atoms with Gasteiger partial charge in [-0.25, -0.2) is 9.67 Å². The van der Waals surface area contributed by atoms with Gasteiger partial charge < -0.3 is 5.32 Å². The summed E-state index contributed by atoms with van der Waals surface area (Å²) in [5.41, 5.74) is 1.30. The van der Waals surface area contributed by atoms with E-state index in [1.165, 1.54) is 18.4 Å². The Morgan fingerprint density at radius 2 is 2.06 bits per heavy atom. The summed E-state index contributed by atoms with van der Waals surface area (Å²) in [5.74, 6) is 1.40. The zero-order valence-corrected chi connectivity index (χ0v) is 9.58. The van der Waals surface area contributed by atoms with E-state index in [4.69, 9.17) is 0 Å². The monoisotopic (exact) mass is 229 g/mol. The lowest BCUT2D eigenvalue weighted by molar-refractivity contribution is 0.460. The molecule has 1 N–H and O–H groups in total. The van der Waals surface area contributed by atoms with Gasteiger partial charge in [0.1, 0.15) is 0 Å². The van der Waals surface area contributed by atoms with E-state index in [2.05, 4.69) is 26.6 Å². The van der Waals surface area contributed by atoms with E-state index in [1.807, 2.05) is 6.20 Å². The quantitative estimate of drug-likeness (QED) is 0.838. The molecular formula is C12H15N5. The van der Waals surface area contributed by atoms with Crippen molar-refractivity contribution in [1.29, 1.82) is 0 Å². The standard InChI is InChI=1S/C12H15N5/c1-3-13-4-2-10(1)11-7-16-17(9-11)12-8-14-5-6-15-12/h5-10,13H,1-4H2. The summed E-state index contributed by atoms with van der Waals surface area (Å²) >= 11 is 0. The molecule has 0 bridgehead atoms. The van der Waals surface area contributed by atoms with E-state index in [0.29, 0.717) is 5.92 Å². The number of hydrogen-bond acceptors (Lipinski definition) is 4. The van der Waals surface area contributed by atoms with Gasteiger partial charge in [0, 0.05) is 18.6 Å². The summed E-state index contributed by atoms with van der Waals surface area (Å²) in [7, 11) is 0. The minimum absolute atomic E-state index is 0.627. The van der Waals surface area contributed by atoms with E-state index in [9.17, 15) is 0 Å². The summed E-state index contributed by atoms with van der Waals surface area (Å²) in [6, 6.07) is 0. The highest BCUT2D eigenvalue weighted by atomic mass is 15.3. The molecule has 0 unspecified atom stereocenters. The minimum atomic E-state index is 0.627. The molecule has 1 aliphatic rings. The molecule has 0 aromatic carbocycles. The third-order valence-corrected chi connectivity index (χ3v) is 3.20. The Morgan fingerprint density at radius 3 is 2.82 bits per heavy atom. The SMILES string of the molecule is c1cnc(-n2cc(C3CCNCC3)cn2)cn1. The lowest BCUT2D eigenvalue weighted by atomic mass is 9.93. The van der Waals surface area contributed by atoms with Crippen molar-refractivity contribution in [2.45, 2.75) is 18.8 Å². The predicted octanol–water partition coefficient (Wildman–Crippen LogP) is 1.13. The molecule has 3 rings (SSSR count). The fraction of sp³-hybridized carbons (Fsp3) is 0.417. The molecule has 0 atom stereocenters. The summed E-state index contributed by atoms with van der Waals surface area (Å²) in [6.07, 6.45) is 11.5. The number of rotatable bonds is 2. The van der Waals surface area contributed by atoms with E-state index in [0.717, 1.165) is 18.9 Å².